The van der Waals surface area contributed by atoms with E-state index in [1.54, 1.807) is 18.3 Å². The van der Waals surface area contributed by atoms with E-state index in [1.165, 1.54) is 10.7 Å². The first-order valence-electron chi connectivity index (χ1n) is 10.1. The fourth-order valence-corrected chi connectivity index (χ4v) is 4.10. The lowest BCUT2D eigenvalue weighted by Crippen LogP contribution is -2.40. The Morgan fingerprint density at radius 1 is 1.26 bits per heavy atom. The molecule has 31 heavy (non-hydrogen) atoms. The summed E-state index contributed by atoms with van der Waals surface area (Å²) in [5.41, 5.74) is 1.41. The smallest absolute Gasteiger partial charge is 0.320 e. The maximum Gasteiger partial charge on any atom is 0.320 e. The zero-order valence-corrected chi connectivity index (χ0v) is 18.5. The van der Waals surface area contributed by atoms with Gasteiger partial charge < -0.3 is 9.29 Å². The van der Waals surface area contributed by atoms with E-state index in [2.05, 4.69) is 20.1 Å². The molecule has 10 nitrogen and oxygen atoms in total. The van der Waals surface area contributed by atoms with Crippen LogP contribution in [-0.4, -0.2) is 69.2 Å². The van der Waals surface area contributed by atoms with Gasteiger partial charge in [-0.1, -0.05) is 0 Å². The molecular weight excluding hydrogens is 420 g/mol. The molecule has 3 aromatic heterocycles. The fraction of sp³-hybridized carbons (Fsp3) is 0.500. The monoisotopic (exact) mass is 445 g/mol. The van der Waals surface area contributed by atoms with Gasteiger partial charge in [-0.15, -0.1) is 0 Å². The topological polar surface area (TPSA) is 118 Å². The van der Waals surface area contributed by atoms with Crippen molar-refractivity contribution >= 4 is 22.7 Å². The summed E-state index contributed by atoms with van der Waals surface area (Å²) < 4.78 is 31.3. The highest BCUT2D eigenvalue weighted by Gasteiger charge is 2.25. The van der Waals surface area contributed by atoms with Crippen LogP contribution in [0.4, 0.5) is 0 Å². The highest BCUT2D eigenvalue weighted by molar-refractivity contribution is 7.79. The van der Waals surface area contributed by atoms with Gasteiger partial charge in [-0.25, -0.2) is 9.50 Å². The molecule has 1 aliphatic heterocycles. The van der Waals surface area contributed by atoms with Crippen LogP contribution in [0.1, 0.15) is 39.7 Å². The highest BCUT2D eigenvalue weighted by Crippen LogP contribution is 2.25. The minimum Gasteiger partial charge on any atom is -0.767 e. The molecule has 0 saturated carbocycles. The Morgan fingerprint density at radius 2 is 2.00 bits per heavy atom. The van der Waals surface area contributed by atoms with Gasteiger partial charge in [-0.2, -0.15) is 10.2 Å². The Bertz CT molecular complexity index is 1110. The Labute approximate surface area is 182 Å². The van der Waals surface area contributed by atoms with Crippen LogP contribution >= 0.6 is 0 Å². The van der Waals surface area contributed by atoms with E-state index in [1.807, 2.05) is 31.6 Å². The number of hydrogen-bond acceptors (Lipinski definition) is 8. The lowest BCUT2D eigenvalue weighted by atomic mass is 10.1. The normalized spacial score (nSPS) is 17.2. The van der Waals surface area contributed by atoms with Crippen LogP contribution in [0.3, 0.4) is 0 Å². The van der Waals surface area contributed by atoms with E-state index in [0.717, 1.165) is 31.5 Å². The number of piperidine rings is 1. The quantitative estimate of drug-likeness (QED) is 0.431. The zero-order chi connectivity index (χ0) is 22.2. The average molecular weight is 446 g/mol. The molecule has 1 unspecified atom stereocenters. The van der Waals surface area contributed by atoms with Crippen LogP contribution in [0, 0.1) is 0 Å². The van der Waals surface area contributed by atoms with E-state index in [0.29, 0.717) is 17.9 Å². The first-order chi connectivity index (χ1) is 14.7. The van der Waals surface area contributed by atoms with Crippen molar-refractivity contribution in [2.75, 3.05) is 19.6 Å². The second-order valence-electron chi connectivity index (χ2n) is 8.62. The predicted octanol–water partition coefficient (Wildman–Crippen LogP) is 1.81. The van der Waals surface area contributed by atoms with Crippen molar-refractivity contribution in [1.82, 2.24) is 29.3 Å². The largest absolute Gasteiger partial charge is 0.767 e. The van der Waals surface area contributed by atoms with Gasteiger partial charge in [-0.05, 0) is 56.8 Å². The standard InChI is InChI=1S/C20H26N6O4S/c1-20(2,3)30-19(27)13-24-8-6-15(7-9-24)25-12-14(10-22-25)16-4-5-17-21-11-18(31(28)29)26(17)23-16/h4-5,10-12,15H,6-9,13H2,1-3H3,(H,28,29)/p-1. The fourth-order valence-electron chi connectivity index (χ4n) is 3.69. The number of imidazole rings is 1. The summed E-state index contributed by atoms with van der Waals surface area (Å²) >= 11 is -2.42. The summed E-state index contributed by atoms with van der Waals surface area (Å²) in [6.45, 7) is 7.48. The van der Waals surface area contributed by atoms with Crippen LogP contribution in [-0.2, 0) is 20.6 Å². The van der Waals surface area contributed by atoms with Crippen LogP contribution in [0.25, 0.3) is 16.9 Å². The van der Waals surface area contributed by atoms with E-state index < -0.39 is 16.7 Å². The van der Waals surface area contributed by atoms with Crippen molar-refractivity contribution in [3.63, 3.8) is 0 Å². The van der Waals surface area contributed by atoms with Crippen molar-refractivity contribution in [3.05, 3.63) is 30.7 Å². The molecule has 1 atom stereocenters. The third kappa shape index (κ3) is 5.00. The molecule has 166 valence electrons. The number of fused-ring (bicyclic) bond motifs is 1. The van der Waals surface area contributed by atoms with Crippen LogP contribution in [0.2, 0.25) is 0 Å². The average Bonchev–Trinajstić information content (AvgIpc) is 3.34. The zero-order valence-electron chi connectivity index (χ0n) is 17.7. The highest BCUT2D eigenvalue weighted by atomic mass is 32.2. The van der Waals surface area contributed by atoms with E-state index in [9.17, 15) is 13.6 Å². The summed E-state index contributed by atoms with van der Waals surface area (Å²) in [6.07, 6.45) is 6.68. The van der Waals surface area contributed by atoms with Gasteiger partial charge in [0.15, 0.2) is 5.65 Å². The Morgan fingerprint density at radius 3 is 2.68 bits per heavy atom. The van der Waals surface area contributed by atoms with Crippen LogP contribution < -0.4 is 0 Å². The lowest BCUT2D eigenvalue weighted by Gasteiger charge is -2.32. The number of esters is 1. The number of hydrogen-bond donors (Lipinski definition) is 0. The molecule has 0 spiro atoms. The number of likely N-dealkylation sites (tertiary alicyclic amines) is 1. The summed E-state index contributed by atoms with van der Waals surface area (Å²) in [7, 11) is 0. The van der Waals surface area contributed by atoms with Crippen LogP contribution in [0.15, 0.2) is 35.7 Å². The van der Waals surface area contributed by atoms with Gasteiger partial charge in [0.25, 0.3) is 0 Å². The predicted molar refractivity (Wildman–Crippen MR) is 112 cm³/mol. The van der Waals surface area contributed by atoms with Crippen molar-refractivity contribution in [2.24, 2.45) is 0 Å². The molecule has 0 radical (unpaired) electrons. The number of carbonyl (C=O) groups excluding carboxylic acids is 1. The van der Waals surface area contributed by atoms with Crippen molar-refractivity contribution in [3.8, 4) is 11.3 Å². The van der Waals surface area contributed by atoms with Gasteiger partial charge in [-0.3, -0.25) is 18.6 Å². The SMILES string of the molecule is CC(C)(C)OC(=O)CN1CCC(n2cc(-c3ccc4ncc(S(=O)[O-])n4n3)cn2)CC1. The minimum absolute atomic E-state index is 0.0154. The lowest BCUT2D eigenvalue weighted by molar-refractivity contribution is -0.156. The third-order valence-corrected chi connectivity index (χ3v) is 5.72. The number of nitrogens with zero attached hydrogens (tertiary/aromatic N) is 6. The summed E-state index contributed by atoms with van der Waals surface area (Å²) in [4.78, 5) is 18.2. The first kappa shape index (κ1) is 21.6. The maximum atomic E-state index is 12.0. The third-order valence-electron chi connectivity index (χ3n) is 5.10. The number of carbonyl (C=O) groups is 1. The number of rotatable bonds is 5. The summed E-state index contributed by atoms with van der Waals surface area (Å²) in [5, 5.41) is 8.92. The molecule has 0 aromatic carbocycles. The van der Waals surface area contributed by atoms with Gasteiger partial charge >= 0.3 is 5.97 Å². The molecule has 4 rings (SSSR count). The van der Waals surface area contributed by atoms with Gasteiger partial charge in [0.1, 0.15) is 10.6 Å². The van der Waals surface area contributed by atoms with Gasteiger partial charge in [0.2, 0.25) is 0 Å². The maximum absolute atomic E-state index is 12.0. The second-order valence-corrected chi connectivity index (χ2v) is 9.51. The summed E-state index contributed by atoms with van der Waals surface area (Å²) in [6, 6.07) is 3.75. The Kier molecular flexibility index (Phi) is 5.91. The molecule has 0 N–H and O–H groups in total. The molecule has 11 heteroatoms. The molecule has 0 amide bonds. The van der Waals surface area contributed by atoms with E-state index >= 15 is 0 Å². The summed E-state index contributed by atoms with van der Waals surface area (Å²) in [5.74, 6) is -0.202. The number of aromatic nitrogens is 5. The Hall–Kier alpha value is -2.63. The molecule has 4 heterocycles. The van der Waals surface area contributed by atoms with Gasteiger partial charge in [0.05, 0.1) is 30.7 Å². The van der Waals surface area contributed by atoms with Gasteiger partial charge in [0, 0.05) is 24.8 Å². The van der Waals surface area contributed by atoms with E-state index in [4.69, 9.17) is 4.74 Å². The minimum atomic E-state index is -2.42. The van der Waals surface area contributed by atoms with Crippen molar-refractivity contribution in [2.45, 2.75) is 50.3 Å². The molecule has 0 aliphatic carbocycles. The van der Waals surface area contributed by atoms with Crippen molar-refractivity contribution in [1.29, 1.82) is 0 Å². The van der Waals surface area contributed by atoms with E-state index in [-0.39, 0.29) is 17.0 Å². The molecule has 0 bridgehead atoms. The molecule has 1 aliphatic rings. The van der Waals surface area contributed by atoms with Crippen molar-refractivity contribution < 1.29 is 18.3 Å². The molecule has 1 fully saturated rings. The Balaban J connectivity index is 1.41. The first-order valence-corrected chi connectivity index (χ1v) is 11.2. The molecular formula is C20H25N6O4S-. The second kappa shape index (κ2) is 8.48. The molecule has 1 saturated heterocycles. The molecule has 3 aromatic rings. The van der Waals surface area contributed by atoms with Crippen LogP contribution in [0.5, 0.6) is 0 Å². The number of ether oxygens (including phenoxy) is 1.